The standard InChI is InChI=1S/C28H34N6O6S/c1-39-27-14-25(35)28(36)26(40-27)18-34-17-22(31-32-34)16-30-41(37,38)24(15-29)12-19-5-6-21-13-23(8-7-20(21)11-19)33-9-3-2-4-10-33/h5-8,11-13,17,25-28,30,35-36H,2-4,9-10,14,16,18H2,1H3/b24-12+/t25-,26-,27+,28+/m1/s1. The molecule has 3 N–H and O–H groups in total. The van der Waals surface area contributed by atoms with Crippen LogP contribution in [0.1, 0.15) is 36.9 Å². The zero-order chi connectivity index (χ0) is 29.0. The molecular formula is C28H34N6O6S. The third-order valence-corrected chi connectivity index (χ3v) is 8.77. The van der Waals surface area contributed by atoms with Crippen LogP contribution < -0.4 is 9.62 Å². The fourth-order valence-corrected chi connectivity index (χ4v) is 6.07. The second kappa shape index (κ2) is 12.6. The highest BCUT2D eigenvalue weighted by molar-refractivity contribution is 7.93. The van der Waals surface area contributed by atoms with Crippen molar-refractivity contribution < 1.29 is 28.1 Å². The molecule has 2 aliphatic heterocycles. The number of aromatic nitrogens is 3. The molecule has 2 aromatic carbocycles. The van der Waals surface area contributed by atoms with E-state index < -0.39 is 39.5 Å². The number of piperidine rings is 1. The van der Waals surface area contributed by atoms with Gasteiger partial charge in [0.2, 0.25) is 0 Å². The van der Waals surface area contributed by atoms with Gasteiger partial charge in [-0.1, -0.05) is 23.4 Å². The van der Waals surface area contributed by atoms with Crippen molar-refractivity contribution in [2.75, 3.05) is 25.1 Å². The molecule has 0 aliphatic carbocycles. The number of nitrogens with zero attached hydrogens (tertiary/aromatic N) is 5. The summed E-state index contributed by atoms with van der Waals surface area (Å²) in [5.74, 6) is 0. The Bertz CT molecular complexity index is 1540. The van der Waals surface area contributed by atoms with Crippen LogP contribution >= 0.6 is 0 Å². The van der Waals surface area contributed by atoms with E-state index >= 15 is 0 Å². The van der Waals surface area contributed by atoms with E-state index in [0.29, 0.717) is 11.3 Å². The first kappa shape index (κ1) is 29.1. The first-order valence-electron chi connectivity index (χ1n) is 13.6. The molecule has 1 aromatic heterocycles. The number of nitrogens with one attached hydrogen (secondary N) is 1. The van der Waals surface area contributed by atoms with E-state index in [1.165, 1.54) is 49.0 Å². The quantitative estimate of drug-likeness (QED) is 0.318. The van der Waals surface area contributed by atoms with Crippen molar-refractivity contribution in [2.24, 2.45) is 0 Å². The van der Waals surface area contributed by atoms with Crippen molar-refractivity contribution in [1.29, 1.82) is 5.26 Å². The van der Waals surface area contributed by atoms with Gasteiger partial charge in [-0.2, -0.15) is 5.26 Å². The summed E-state index contributed by atoms with van der Waals surface area (Å²) in [7, 11) is -2.69. The number of anilines is 1. The van der Waals surface area contributed by atoms with E-state index in [-0.39, 0.29) is 19.5 Å². The van der Waals surface area contributed by atoms with Crippen LogP contribution in [-0.4, -0.2) is 78.4 Å². The van der Waals surface area contributed by atoms with Crippen molar-refractivity contribution in [3.05, 3.63) is 58.8 Å². The third-order valence-electron chi connectivity index (χ3n) is 7.46. The number of aliphatic hydroxyl groups excluding tert-OH is 2. The molecule has 2 aliphatic rings. The van der Waals surface area contributed by atoms with Crippen molar-refractivity contribution in [1.82, 2.24) is 19.7 Å². The van der Waals surface area contributed by atoms with Crippen molar-refractivity contribution >= 4 is 32.6 Å². The summed E-state index contributed by atoms with van der Waals surface area (Å²) < 4.78 is 40.4. The largest absolute Gasteiger partial charge is 0.390 e. The molecule has 0 bridgehead atoms. The molecule has 0 radical (unpaired) electrons. The summed E-state index contributed by atoms with van der Waals surface area (Å²) in [6.45, 7) is 1.98. The normalized spacial score (nSPS) is 24.0. The minimum absolute atomic E-state index is 0.0721. The molecule has 5 rings (SSSR count). The molecule has 12 nitrogen and oxygen atoms in total. The van der Waals surface area contributed by atoms with Gasteiger partial charge in [-0.3, -0.25) is 0 Å². The molecule has 41 heavy (non-hydrogen) atoms. The van der Waals surface area contributed by atoms with Crippen molar-refractivity contribution in [3.63, 3.8) is 0 Å². The van der Waals surface area contributed by atoms with E-state index in [2.05, 4.69) is 32.1 Å². The number of methoxy groups -OCH3 is 1. The van der Waals surface area contributed by atoms with Crippen LogP contribution in [0.15, 0.2) is 47.5 Å². The molecule has 3 heterocycles. The van der Waals surface area contributed by atoms with E-state index in [0.717, 1.165) is 23.9 Å². The molecule has 2 fully saturated rings. The van der Waals surface area contributed by atoms with Gasteiger partial charge in [0.15, 0.2) is 11.2 Å². The van der Waals surface area contributed by atoms with Crippen molar-refractivity contribution in [2.45, 2.75) is 63.4 Å². The first-order valence-corrected chi connectivity index (χ1v) is 15.1. The van der Waals surface area contributed by atoms with Gasteiger partial charge in [0, 0.05) is 38.5 Å². The molecule has 0 spiro atoms. The van der Waals surface area contributed by atoms with E-state index in [9.17, 15) is 23.9 Å². The minimum Gasteiger partial charge on any atom is -0.390 e. The molecule has 2 saturated heterocycles. The fourth-order valence-electron chi connectivity index (χ4n) is 5.17. The molecule has 13 heteroatoms. The molecule has 0 amide bonds. The Labute approximate surface area is 238 Å². The number of benzene rings is 2. The maximum absolute atomic E-state index is 12.9. The number of sulfonamides is 1. The molecule has 0 unspecified atom stereocenters. The predicted octanol–water partition coefficient (Wildman–Crippen LogP) is 1.89. The zero-order valence-corrected chi connectivity index (χ0v) is 23.6. The number of ether oxygens (including phenoxy) is 2. The fraction of sp³-hybridized carbons (Fsp3) is 0.464. The van der Waals surface area contributed by atoms with Gasteiger partial charge in [0.1, 0.15) is 18.3 Å². The maximum Gasteiger partial charge on any atom is 0.251 e. The van der Waals surface area contributed by atoms with Crippen LogP contribution in [-0.2, 0) is 32.6 Å². The number of allylic oxidation sites excluding steroid dienone is 1. The van der Waals surface area contributed by atoms with Gasteiger partial charge < -0.3 is 24.6 Å². The van der Waals surface area contributed by atoms with Crippen LogP contribution in [0.4, 0.5) is 5.69 Å². The lowest BCUT2D eigenvalue weighted by Crippen LogP contribution is -2.50. The highest BCUT2D eigenvalue weighted by Crippen LogP contribution is 2.27. The summed E-state index contributed by atoms with van der Waals surface area (Å²) >= 11 is 0. The zero-order valence-electron chi connectivity index (χ0n) is 22.8. The van der Waals surface area contributed by atoms with Gasteiger partial charge in [-0.05, 0) is 59.9 Å². The molecular weight excluding hydrogens is 548 g/mol. The lowest BCUT2D eigenvalue weighted by atomic mass is 10.0. The van der Waals surface area contributed by atoms with Crippen LogP contribution in [0.5, 0.6) is 0 Å². The summed E-state index contributed by atoms with van der Waals surface area (Å²) in [6.07, 6.45) is 3.04. The van der Waals surface area contributed by atoms with Crippen LogP contribution in [0.25, 0.3) is 16.8 Å². The SMILES string of the molecule is CO[C@@H]1C[C@@H](O)[C@H](O)[C@@H](Cn2cc(CNS(=O)(=O)/C(C#N)=C/c3ccc4cc(N5CCCCC5)ccc4c3)nn2)O1. The average Bonchev–Trinajstić information content (AvgIpc) is 3.44. The monoisotopic (exact) mass is 582 g/mol. The smallest absolute Gasteiger partial charge is 0.251 e. The highest BCUT2D eigenvalue weighted by atomic mass is 32.2. The molecule has 0 saturated carbocycles. The summed E-state index contributed by atoms with van der Waals surface area (Å²) in [4.78, 5) is 1.96. The Morgan fingerprint density at radius 1 is 1.20 bits per heavy atom. The third kappa shape index (κ3) is 6.92. The number of hydrogen-bond acceptors (Lipinski definition) is 10. The Morgan fingerprint density at radius 3 is 2.71 bits per heavy atom. The van der Waals surface area contributed by atoms with Gasteiger partial charge in [0.05, 0.1) is 24.9 Å². The van der Waals surface area contributed by atoms with E-state index in [4.69, 9.17) is 9.47 Å². The molecule has 3 aromatic rings. The first-order chi connectivity index (χ1) is 19.8. The highest BCUT2D eigenvalue weighted by Gasteiger charge is 2.37. The second-order valence-corrected chi connectivity index (χ2v) is 12.1. The number of hydrogen-bond donors (Lipinski definition) is 3. The lowest BCUT2D eigenvalue weighted by molar-refractivity contribution is -0.245. The van der Waals surface area contributed by atoms with E-state index in [1.54, 1.807) is 12.1 Å². The Balaban J connectivity index is 1.23. The topological polar surface area (TPSA) is 163 Å². The number of aliphatic hydroxyl groups is 2. The van der Waals surface area contributed by atoms with Crippen LogP contribution in [0.3, 0.4) is 0 Å². The number of fused-ring (bicyclic) bond motifs is 1. The van der Waals surface area contributed by atoms with E-state index in [1.807, 2.05) is 18.2 Å². The van der Waals surface area contributed by atoms with Crippen molar-refractivity contribution in [3.8, 4) is 6.07 Å². The van der Waals surface area contributed by atoms with Crippen LogP contribution in [0.2, 0.25) is 0 Å². The summed E-state index contributed by atoms with van der Waals surface area (Å²) in [5, 5.41) is 39.8. The van der Waals surface area contributed by atoms with Gasteiger partial charge in [0.25, 0.3) is 10.0 Å². The Morgan fingerprint density at radius 2 is 1.95 bits per heavy atom. The summed E-state index contributed by atoms with van der Waals surface area (Å²) in [5.41, 5.74) is 2.08. The maximum atomic E-state index is 12.9. The lowest BCUT2D eigenvalue weighted by Gasteiger charge is -2.36. The number of nitriles is 1. The number of rotatable bonds is 9. The molecule has 218 valence electrons. The second-order valence-electron chi connectivity index (χ2n) is 10.3. The minimum atomic E-state index is -4.14. The van der Waals surface area contributed by atoms with Gasteiger partial charge in [-0.25, -0.2) is 17.8 Å². The van der Waals surface area contributed by atoms with Gasteiger partial charge >= 0.3 is 0 Å². The van der Waals surface area contributed by atoms with Gasteiger partial charge in [-0.15, -0.1) is 5.10 Å². The predicted molar refractivity (Wildman–Crippen MR) is 152 cm³/mol. The Hall–Kier alpha value is -3.38. The Kier molecular flexibility index (Phi) is 8.98. The summed E-state index contributed by atoms with van der Waals surface area (Å²) in [6, 6.07) is 13.6. The average molecular weight is 583 g/mol. The van der Waals surface area contributed by atoms with Crippen LogP contribution in [0, 0.1) is 11.3 Å². The molecule has 4 atom stereocenters.